The summed E-state index contributed by atoms with van der Waals surface area (Å²) < 4.78 is 19.3. The van der Waals surface area contributed by atoms with Gasteiger partial charge in [0.25, 0.3) is 0 Å². The largest absolute Gasteiger partial charge is 0.488 e. The Kier molecular flexibility index (Phi) is 8.55. The first-order valence-corrected chi connectivity index (χ1v) is 9.47. The molecule has 2 aromatic rings. The van der Waals surface area contributed by atoms with Crippen LogP contribution >= 0.6 is 12.4 Å². The summed E-state index contributed by atoms with van der Waals surface area (Å²) in [5.41, 5.74) is 4.60. The Morgan fingerprint density at radius 1 is 1.07 bits per heavy atom. The van der Waals surface area contributed by atoms with Crippen molar-refractivity contribution < 1.29 is 9.13 Å². The van der Waals surface area contributed by atoms with Gasteiger partial charge in [0.1, 0.15) is 12.4 Å². The van der Waals surface area contributed by atoms with E-state index in [0.717, 1.165) is 48.6 Å². The van der Waals surface area contributed by atoms with Crippen molar-refractivity contribution in [2.24, 2.45) is 0 Å². The summed E-state index contributed by atoms with van der Waals surface area (Å²) in [5.74, 6) is 0.942. The fourth-order valence-corrected chi connectivity index (χ4v) is 3.79. The second kappa shape index (κ2) is 10.6. The van der Waals surface area contributed by atoms with Crippen LogP contribution in [0.5, 0.6) is 5.75 Å². The summed E-state index contributed by atoms with van der Waals surface area (Å²) in [4.78, 5) is 2.40. The number of alkyl halides is 1. The molecule has 0 unspecified atom stereocenters. The molecule has 5 heteroatoms. The number of rotatable bonds is 7. The van der Waals surface area contributed by atoms with Crippen molar-refractivity contribution in [2.45, 2.75) is 32.9 Å². The van der Waals surface area contributed by atoms with Crippen molar-refractivity contribution >= 4 is 12.4 Å². The van der Waals surface area contributed by atoms with Gasteiger partial charge in [-0.3, -0.25) is 9.29 Å². The number of hydrogen-bond donors (Lipinski definition) is 1. The third kappa shape index (κ3) is 5.68. The standard InChI is InChI=1S/C22H29FN2O.ClH/c1-17-14-20(21(8-9-23)25-12-10-24-11-13-25)15-18(2)22(17)26-16-19-6-4-3-5-7-19;/h3-7,14-15,21,24H,8-13,16H2,1-2H3;1H/t21-;/m0./s1. The number of aryl methyl sites for hydroxylation is 2. The quantitative estimate of drug-likeness (QED) is 0.744. The smallest absolute Gasteiger partial charge is 0.125 e. The van der Waals surface area contributed by atoms with Crippen LogP contribution in [0.15, 0.2) is 42.5 Å². The van der Waals surface area contributed by atoms with Crippen LogP contribution in [-0.2, 0) is 6.61 Å². The second-order valence-electron chi connectivity index (χ2n) is 7.04. The minimum Gasteiger partial charge on any atom is -0.488 e. The van der Waals surface area contributed by atoms with Crippen LogP contribution in [0.4, 0.5) is 4.39 Å². The average molecular weight is 393 g/mol. The van der Waals surface area contributed by atoms with Gasteiger partial charge in [-0.05, 0) is 42.5 Å². The number of hydrogen-bond acceptors (Lipinski definition) is 3. The molecule has 1 aliphatic heterocycles. The number of halogens is 2. The monoisotopic (exact) mass is 392 g/mol. The Bertz CT molecular complexity index is 682. The van der Waals surface area contributed by atoms with Crippen molar-refractivity contribution in [3.63, 3.8) is 0 Å². The molecule has 0 aromatic heterocycles. The number of piperazine rings is 1. The third-order valence-corrected chi connectivity index (χ3v) is 5.07. The molecule has 1 atom stereocenters. The molecule has 1 heterocycles. The fraction of sp³-hybridized carbons (Fsp3) is 0.455. The molecule has 2 aromatic carbocycles. The van der Waals surface area contributed by atoms with Gasteiger partial charge in [-0.1, -0.05) is 42.5 Å². The Hall–Kier alpha value is -1.62. The van der Waals surface area contributed by atoms with Crippen molar-refractivity contribution in [3.05, 3.63) is 64.7 Å². The van der Waals surface area contributed by atoms with E-state index in [2.05, 4.69) is 48.3 Å². The number of nitrogens with one attached hydrogen (secondary N) is 1. The predicted molar refractivity (Wildman–Crippen MR) is 112 cm³/mol. The van der Waals surface area contributed by atoms with Gasteiger partial charge in [0.05, 0.1) is 6.67 Å². The molecular formula is C22H30ClFN2O. The molecule has 1 aliphatic rings. The first-order chi connectivity index (χ1) is 12.7. The summed E-state index contributed by atoms with van der Waals surface area (Å²) in [6.07, 6.45) is 0.545. The molecule has 1 N–H and O–H groups in total. The van der Waals surface area contributed by atoms with Gasteiger partial charge < -0.3 is 10.1 Å². The van der Waals surface area contributed by atoms with Gasteiger partial charge in [0, 0.05) is 32.2 Å². The van der Waals surface area contributed by atoms with E-state index in [1.54, 1.807) is 0 Å². The summed E-state index contributed by atoms with van der Waals surface area (Å²) >= 11 is 0. The Morgan fingerprint density at radius 3 is 2.30 bits per heavy atom. The highest BCUT2D eigenvalue weighted by Crippen LogP contribution is 2.32. The fourth-order valence-electron chi connectivity index (χ4n) is 3.79. The Balaban J connectivity index is 0.00000261. The van der Waals surface area contributed by atoms with Crippen LogP contribution in [0.25, 0.3) is 0 Å². The van der Waals surface area contributed by atoms with E-state index >= 15 is 0 Å². The van der Waals surface area contributed by atoms with E-state index < -0.39 is 0 Å². The lowest BCUT2D eigenvalue weighted by atomic mass is 9.96. The predicted octanol–water partition coefficient (Wildman–Crippen LogP) is 4.61. The minimum absolute atomic E-state index is 0. The zero-order valence-electron chi connectivity index (χ0n) is 16.2. The zero-order chi connectivity index (χ0) is 18.4. The van der Waals surface area contributed by atoms with E-state index in [1.165, 1.54) is 5.56 Å². The van der Waals surface area contributed by atoms with Crippen molar-refractivity contribution in [2.75, 3.05) is 32.9 Å². The van der Waals surface area contributed by atoms with Gasteiger partial charge >= 0.3 is 0 Å². The molecule has 1 saturated heterocycles. The number of nitrogens with zero attached hydrogens (tertiary/aromatic N) is 1. The summed E-state index contributed by atoms with van der Waals surface area (Å²) in [6, 6.07) is 14.7. The molecule has 148 valence electrons. The molecule has 0 saturated carbocycles. The molecule has 0 aliphatic carbocycles. The first kappa shape index (κ1) is 21.7. The minimum atomic E-state index is -0.293. The van der Waals surface area contributed by atoms with Crippen molar-refractivity contribution in [1.29, 1.82) is 0 Å². The van der Waals surface area contributed by atoms with Crippen LogP contribution in [0, 0.1) is 13.8 Å². The van der Waals surface area contributed by atoms with Gasteiger partial charge in [-0.25, -0.2) is 0 Å². The van der Waals surface area contributed by atoms with Gasteiger partial charge in [0.15, 0.2) is 0 Å². The van der Waals surface area contributed by atoms with Crippen LogP contribution in [0.2, 0.25) is 0 Å². The molecule has 0 amide bonds. The van der Waals surface area contributed by atoms with Gasteiger partial charge in [-0.15, -0.1) is 12.4 Å². The first-order valence-electron chi connectivity index (χ1n) is 9.47. The zero-order valence-corrected chi connectivity index (χ0v) is 17.0. The summed E-state index contributed by atoms with van der Waals surface area (Å²) in [5, 5.41) is 3.37. The van der Waals surface area contributed by atoms with E-state index in [-0.39, 0.29) is 25.1 Å². The maximum Gasteiger partial charge on any atom is 0.125 e. The van der Waals surface area contributed by atoms with E-state index in [4.69, 9.17) is 4.74 Å². The summed E-state index contributed by atoms with van der Waals surface area (Å²) in [7, 11) is 0. The van der Waals surface area contributed by atoms with Crippen LogP contribution in [0.1, 0.15) is 34.7 Å². The van der Waals surface area contributed by atoms with Crippen LogP contribution in [0.3, 0.4) is 0 Å². The van der Waals surface area contributed by atoms with E-state index in [1.807, 2.05) is 18.2 Å². The van der Waals surface area contributed by atoms with Crippen LogP contribution < -0.4 is 10.1 Å². The molecule has 0 bridgehead atoms. The average Bonchev–Trinajstić information content (AvgIpc) is 2.67. The molecular weight excluding hydrogens is 363 g/mol. The molecule has 1 fully saturated rings. The lowest BCUT2D eigenvalue weighted by molar-refractivity contribution is 0.157. The maximum absolute atomic E-state index is 13.2. The highest BCUT2D eigenvalue weighted by atomic mass is 35.5. The Labute approximate surface area is 168 Å². The number of benzene rings is 2. The van der Waals surface area contributed by atoms with Crippen LogP contribution in [-0.4, -0.2) is 37.8 Å². The normalized spacial score (nSPS) is 15.8. The lowest BCUT2D eigenvalue weighted by Gasteiger charge is -2.35. The Morgan fingerprint density at radius 2 is 1.70 bits per heavy atom. The maximum atomic E-state index is 13.2. The second-order valence-corrected chi connectivity index (χ2v) is 7.04. The summed E-state index contributed by atoms with van der Waals surface area (Å²) in [6.45, 7) is 8.32. The van der Waals surface area contributed by atoms with Crippen molar-refractivity contribution in [3.8, 4) is 5.75 Å². The molecule has 3 rings (SSSR count). The lowest BCUT2D eigenvalue weighted by Crippen LogP contribution is -2.45. The highest BCUT2D eigenvalue weighted by molar-refractivity contribution is 5.85. The molecule has 27 heavy (non-hydrogen) atoms. The molecule has 0 radical (unpaired) electrons. The van der Waals surface area contributed by atoms with Gasteiger partial charge in [-0.2, -0.15) is 0 Å². The van der Waals surface area contributed by atoms with E-state index in [9.17, 15) is 4.39 Å². The molecule has 3 nitrogen and oxygen atoms in total. The topological polar surface area (TPSA) is 24.5 Å². The van der Waals surface area contributed by atoms with Gasteiger partial charge in [0.2, 0.25) is 0 Å². The SMILES string of the molecule is Cc1cc([C@H](CCF)N2CCNCC2)cc(C)c1OCc1ccccc1.Cl. The highest BCUT2D eigenvalue weighted by Gasteiger charge is 2.23. The molecule has 0 spiro atoms. The third-order valence-electron chi connectivity index (χ3n) is 5.07. The van der Waals surface area contributed by atoms with E-state index in [0.29, 0.717) is 13.0 Å². The number of ether oxygens (including phenoxy) is 1. The van der Waals surface area contributed by atoms with Crippen molar-refractivity contribution in [1.82, 2.24) is 10.2 Å².